The van der Waals surface area contributed by atoms with Crippen molar-refractivity contribution in [3.05, 3.63) is 58.6 Å². The molecule has 0 spiro atoms. The predicted molar refractivity (Wildman–Crippen MR) is 99.9 cm³/mol. The van der Waals surface area contributed by atoms with Crippen LogP contribution in [0.4, 0.5) is 5.69 Å². The summed E-state index contributed by atoms with van der Waals surface area (Å²) < 4.78 is 10.5. The van der Waals surface area contributed by atoms with Crippen molar-refractivity contribution < 1.29 is 19.1 Å². The maximum atomic E-state index is 12.4. The normalized spacial score (nSPS) is 16.7. The number of carbonyl (C=O) groups excluding carboxylic acids is 2. The van der Waals surface area contributed by atoms with Crippen molar-refractivity contribution in [2.75, 3.05) is 25.2 Å². The van der Waals surface area contributed by atoms with Crippen LogP contribution in [-0.2, 0) is 9.53 Å². The summed E-state index contributed by atoms with van der Waals surface area (Å²) in [6, 6.07) is 12.3. The highest BCUT2D eigenvalue weighted by Crippen LogP contribution is 2.30. The average molecular weight is 374 g/mol. The van der Waals surface area contributed by atoms with Gasteiger partial charge in [-0.1, -0.05) is 11.6 Å². The Morgan fingerprint density at radius 3 is 2.62 bits per heavy atom. The van der Waals surface area contributed by atoms with Gasteiger partial charge in [-0.15, -0.1) is 0 Å². The minimum atomic E-state index is -0.382. The smallest absolute Gasteiger partial charge is 0.337 e. The number of ether oxygens (including phenoxy) is 2. The topological polar surface area (TPSA) is 55.8 Å². The molecule has 3 rings (SSSR count). The molecule has 5 nitrogen and oxygen atoms in total. The number of hydrogen-bond donors (Lipinski definition) is 0. The molecule has 0 radical (unpaired) electrons. The van der Waals surface area contributed by atoms with Gasteiger partial charge in [-0.3, -0.25) is 4.79 Å². The number of amides is 1. The number of aryl methyl sites for hydroxylation is 1. The van der Waals surface area contributed by atoms with Crippen molar-refractivity contribution in [1.29, 1.82) is 0 Å². The van der Waals surface area contributed by atoms with Crippen molar-refractivity contribution in [3.8, 4) is 5.75 Å². The highest BCUT2D eigenvalue weighted by atomic mass is 35.5. The number of hydrogen-bond acceptors (Lipinski definition) is 4. The molecule has 1 saturated heterocycles. The minimum absolute atomic E-state index is 0.0880. The summed E-state index contributed by atoms with van der Waals surface area (Å²) in [7, 11) is 1.35. The van der Waals surface area contributed by atoms with Crippen molar-refractivity contribution in [1.82, 2.24) is 0 Å². The van der Waals surface area contributed by atoms with E-state index < -0.39 is 0 Å². The van der Waals surface area contributed by atoms with Crippen LogP contribution in [0.1, 0.15) is 22.3 Å². The minimum Gasteiger partial charge on any atom is -0.493 e. The lowest BCUT2D eigenvalue weighted by Gasteiger charge is -2.19. The Morgan fingerprint density at radius 1 is 1.23 bits per heavy atom. The summed E-state index contributed by atoms with van der Waals surface area (Å²) in [5.41, 5.74) is 2.34. The van der Waals surface area contributed by atoms with Crippen LogP contribution < -0.4 is 9.64 Å². The largest absolute Gasteiger partial charge is 0.493 e. The first kappa shape index (κ1) is 18.3. The fourth-order valence-electron chi connectivity index (χ4n) is 3.07. The van der Waals surface area contributed by atoms with E-state index in [9.17, 15) is 9.59 Å². The van der Waals surface area contributed by atoms with Gasteiger partial charge in [0.2, 0.25) is 5.91 Å². The molecule has 1 heterocycles. The molecule has 136 valence electrons. The van der Waals surface area contributed by atoms with E-state index in [2.05, 4.69) is 4.74 Å². The zero-order chi connectivity index (χ0) is 18.7. The van der Waals surface area contributed by atoms with Crippen molar-refractivity contribution in [3.63, 3.8) is 0 Å². The lowest BCUT2D eigenvalue weighted by atomic mass is 10.1. The number of nitrogens with zero attached hydrogens (tertiary/aromatic N) is 1. The predicted octanol–water partition coefficient (Wildman–Crippen LogP) is 3.87. The monoisotopic (exact) mass is 373 g/mol. The molecule has 26 heavy (non-hydrogen) atoms. The molecule has 2 aromatic carbocycles. The van der Waals surface area contributed by atoms with E-state index >= 15 is 0 Å². The van der Waals surface area contributed by atoms with Gasteiger partial charge in [0.25, 0.3) is 0 Å². The first-order chi connectivity index (χ1) is 12.5. The molecular formula is C20H20ClNO4. The second kappa shape index (κ2) is 7.79. The van der Waals surface area contributed by atoms with E-state index in [-0.39, 0.29) is 17.8 Å². The second-order valence-corrected chi connectivity index (χ2v) is 6.77. The highest BCUT2D eigenvalue weighted by molar-refractivity contribution is 6.30. The first-order valence-electron chi connectivity index (χ1n) is 8.35. The molecule has 0 saturated carbocycles. The van der Waals surface area contributed by atoms with Crippen LogP contribution in [0.25, 0.3) is 0 Å². The first-order valence-corrected chi connectivity index (χ1v) is 8.73. The van der Waals surface area contributed by atoms with E-state index in [1.807, 2.05) is 19.1 Å². The third-order valence-corrected chi connectivity index (χ3v) is 4.65. The lowest BCUT2D eigenvalue weighted by molar-refractivity contribution is -0.117. The SMILES string of the molecule is COC(=O)c1ccc(OCC2CC(=O)N(c3ccc(Cl)cc3C)C2)cc1. The van der Waals surface area contributed by atoms with Gasteiger partial charge >= 0.3 is 5.97 Å². The zero-order valence-electron chi connectivity index (χ0n) is 14.7. The second-order valence-electron chi connectivity index (χ2n) is 6.33. The summed E-state index contributed by atoms with van der Waals surface area (Å²) in [4.78, 5) is 25.6. The summed E-state index contributed by atoms with van der Waals surface area (Å²) in [6.45, 7) is 3.00. The summed E-state index contributed by atoms with van der Waals surface area (Å²) in [5, 5.41) is 0.660. The van der Waals surface area contributed by atoms with E-state index in [1.54, 1.807) is 35.2 Å². The van der Waals surface area contributed by atoms with Crippen LogP contribution in [0, 0.1) is 12.8 Å². The van der Waals surface area contributed by atoms with Crippen LogP contribution in [0.3, 0.4) is 0 Å². The quantitative estimate of drug-likeness (QED) is 0.746. The zero-order valence-corrected chi connectivity index (χ0v) is 15.5. The summed E-state index contributed by atoms with van der Waals surface area (Å²) in [5.74, 6) is 0.473. The molecule has 0 aliphatic carbocycles. The Morgan fingerprint density at radius 2 is 1.96 bits per heavy atom. The molecule has 1 amide bonds. The fourth-order valence-corrected chi connectivity index (χ4v) is 3.29. The van der Waals surface area contributed by atoms with Crippen molar-refractivity contribution >= 4 is 29.2 Å². The van der Waals surface area contributed by atoms with E-state index in [4.69, 9.17) is 16.3 Å². The molecule has 0 N–H and O–H groups in total. The van der Waals surface area contributed by atoms with Crippen LogP contribution in [0.15, 0.2) is 42.5 Å². The lowest BCUT2D eigenvalue weighted by Crippen LogP contribution is -2.26. The number of halogens is 1. The van der Waals surface area contributed by atoms with Gasteiger partial charge in [-0.2, -0.15) is 0 Å². The Balaban J connectivity index is 1.60. The molecule has 1 aliphatic heterocycles. The number of esters is 1. The maximum absolute atomic E-state index is 12.4. The van der Waals surface area contributed by atoms with Gasteiger partial charge in [-0.25, -0.2) is 4.79 Å². The molecule has 2 aromatic rings. The van der Waals surface area contributed by atoms with Crippen LogP contribution in [-0.4, -0.2) is 32.1 Å². The number of rotatable bonds is 5. The van der Waals surface area contributed by atoms with E-state index in [0.717, 1.165) is 11.3 Å². The Bertz CT molecular complexity index is 819. The molecular weight excluding hydrogens is 354 g/mol. The number of methoxy groups -OCH3 is 1. The Hall–Kier alpha value is -2.53. The summed E-state index contributed by atoms with van der Waals surface area (Å²) >= 11 is 5.99. The molecule has 0 aromatic heterocycles. The number of benzene rings is 2. The molecule has 1 unspecified atom stereocenters. The van der Waals surface area contributed by atoms with Gasteiger partial charge in [-0.05, 0) is 55.0 Å². The van der Waals surface area contributed by atoms with Crippen LogP contribution in [0.5, 0.6) is 5.75 Å². The van der Waals surface area contributed by atoms with E-state index in [0.29, 0.717) is 35.9 Å². The average Bonchev–Trinajstić information content (AvgIpc) is 3.00. The van der Waals surface area contributed by atoms with Crippen molar-refractivity contribution in [2.24, 2.45) is 5.92 Å². The number of carbonyl (C=O) groups is 2. The highest BCUT2D eigenvalue weighted by Gasteiger charge is 2.31. The van der Waals surface area contributed by atoms with Crippen molar-refractivity contribution in [2.45, 2.75) is 13.3 Å². The van der Waals surface area contributed by atoms with Gasteiger partial charge < -0.3 is 14.4 Å². The van der Waals surface area contributed by atoms with Gasteiger partial charge in [0.05, 0.1) is 19.3 Å². The Labute approximate surface area is 157 Å². The van der Waals surface area contributed by atoms with Crippen LogP contribution >= 0.6 is 11.6 Å². The fraction of sp³-hybridized carbons (Fsp3) is 0.300. The third-order valence-electron chi connectivity index (χ3n) is 4.42. The molecule has 1 aliphatic rings. The van der Waals surface area contributed by atoms with Crippen LogP contribution in [0.2, 0.25) is 5.02 Å². The van der Waals surface area contributed by atoms with Gasteiger partial charge in [0, 0.05) is 29.6 Å². The molecule has 1 atom stereocenters. The Kier molecular flexibility index (Phi) is 5.47. The third kappa shape index (κ3) is 3.99. The number of anilines is 1. The molecule has 6 heteroatoms. The standard InChI is InChI=1S/C20H20ClNO4/c1-13-9-16(21)5-8-18(13)22-11-14(10-19(22)23)12-26-17-6-3-15(4-7-17)20(24)25-2/h3-9,14H,10-12H2,1-2H3. The van der Waals surface area contributed by atoms with E-state index in [1.165, 1.54) is 7.11 Å². The molecule has 1 fully saturated rings. The molecule has 0 bridgehead atoms. The van der Waals surface area contributed by atoms with Gasteiger partial charge in [0.15, 0.2) is 0 Å². The van der Waals surface area contributed by atoms with Gasteiger partial charge in [0.1, 0.15) is 5.75 Å². The summed E-state index contributed by atoms with van der Waals surface area (Å²) in [6.07, 6.45) is 0.447. The maximum Gasteiger partial charge on any atom is 0.337 e.